The number of rotatable bonds is 4. The first-order valence-electron chi connectivity index (χ1n) is 6.71. The van der Waals surface area contributed by atoms with Crippen LogP contribution in [0.25, 0.3) is 0 Å². The van der Waals surface area contributed by atoms with Crippen LogP contribution in [0, 0.1) is 6.92 Å². The number of aryl methyl sites for hydroxylation is 1. The lowest BCUT2D eigenvalue weighted by Gasteiger charge is -2.34. The minimum atomic E-state index is -0.0149. The zero-order chi connectivity index (χ0) is 13.8. The molecule has 1 aliphatic rings. The summed E-state index contributed by atoms with van der Waals surface area (Å²) in [5, 5.41) is 12.7. The summed E-state index contributed by atoms with van der Waals surface area (Å²) in [5.74, 6) is 1.66. The molecule has 106 valence electrons. The molecular weight excluding hydrogens is 242 g/mol. The summed E-state index contributed by atoms with van der Waals surface area (Å²) in [6.45, 7) is 6.47. The van der Waals surface area contributed by atoms with Gasteiger partial charge in [0.05, 0.1) is 12.3 Å². The summed E-state index contributed by atoms with van der Waals surface area (Å²) >= 11 is 0. The molecule has 1 saturated heterocycles. The van der Waals surface area contributed by atoms with Crippen LogP contribution in [-0.2, 0) is 13.2 Å². The van der Waals surface area contributed by atoms with Gasteiger partial charge in [-0.3, -0.25) is 0 Å². The average Bonchev–Trinajstić information content (AvgIpc) is 2.39. The molecule has 1 aliphatic heterocycles. The zero-order valence-corrected chi connectivity index (χ0v) is 12.0. The van der Waals surface area contributed by atoms with Crippen LogP contribution >= 0.6 is 0 Å². The summed E-state index contributed by atoms with van der Waals surface area (Å²) < 4.78 is 0. The molecule has 6 nitrogen and oxygen atoms in total. The summed E-state index contributed by atoms with van der Waals surface area (Å²) in [4.78, 5) is 13.5. The van der Waals surface area contributed by atoms with Gasteiger partial charge >= 0.3 is 0 Å². The quantitative estimate of drug-likeness (QED) is 0.782. The van der Waals surface area contributed by atoms with Gasteiger partial charge < -0.3 is 20.2 Å². The Bertz CT molecular complexity index is 429. The van der Waals surface area contributed by atoms with E-state index in [2.05, 4.69) is 32.1 Å². The minimum Gasteiger partial charge on any atom is -0.391 e. The van der Waals surface area contributed by atoms with Gasteiger partial charge in [0.25, 0.3) is 0 Å². The van der Waals surface area contributed by atoms with Crippen LogP contribution < -0.4 is 10.2 Å². The molecule has 6 heteroatoms. The molecule has 2 heterocycles. The first-order chi connectivity index (χ1) is 9.15. The summed E-state index contributed by atoms with van der Waals surface area (Å²) in [5.41, 5.74) is 1.75. The number of anilines is 1. The lowest BCUT2D eigenvalue weighted by Crippen LogP contribution is -2.45. The van der Waals surface area contributed by atoms with Gasteiger partial charge in [0, 0.05) is 38.3 Å². The highest BCUT2D eigenvalue weighted by molar-refractivity contribution is 5.49. The van der Waals surface area contributed by atoms with E-state index in [1.54, 1.807) is 0 Å². The molecule has 1 fully saturated rings. The van der Waals surface area contributed by atoms with Crippen LogP contribution in [0.5, 0.6) is 0 Å². The van der Waals surface area contributed by atoms with Gasteiger partial charge in [-0.15, -0.1) is 0 Å². The van der Waals surface area contributed by atoms with E-state index in [0.717, 1.165) is 49.1 Å². The van der Waals surface area contributed by atoms with E-state index in [1.165, 1.54) is 0 Å². The fraction of sp³-hybridized carbons (Fsp3) is 0.692. The fourth-order valence-electron chi connectivity index (χ4n) is 2.39. The number of nitrogens with zero attached hydrogens (tertiary/aromatic N) is 4. The molecule has 0 aliphatic carbocycles. The number of piperazine rings is 1. The Balaban J connectivity index is 2.32. The first kappa shape index (κ1) is 14.2. The monoisotopic (exact) mass is 265 g/mol. The third-order valence-electron chi connectivity index (χ3n) is 3.49. The van der Waals surface area contributed by atoms with E-state index in [-0.39, 0.29) is 6.61 Å². The highest BCUT2D eigenvalue weighted by Gasteiger charge is 2.21. The van der Waals surface area contributed by atoms with Crippen LogP contribution in [0.3, 0.4) is 0 Å². The number of nitrogens with one attached hydrogen (secondary N) is 1. The summed E-state index contributed by atoms with van der Waals surface area (Å²) in [7, 11) is 4.01. The number of aliphatic hydroxyl groups excluding tert-OH is 1. The van der Waals surface area contributed by atoms with E-state index in [1.807, 2.05) is 14.0 Å². The third kappa shape index (κ3) is 3.20. The number of hydrogen-bond acceptors (Lipinski definition) is 6. The Morgan fingerprint density at radius 2 is 1.89 bits per heavy atom. The molecule has 0 spiro atoms. The maximum absolute atomic E-state index is 9.65. The second-order valence-electron chi connectivity index (χ2n) is 5.00. The van der Waals surface area contributed by atoms with E-state index < -0.39 is 0 Å². The summed E-state index contributed by atoms with van der Waals surface area (Å²) in [6.07, 6.45) is 0. The SMILES string of the molecule is CNCc1nc(C)nc(N2CCN(C)CC2)c1CO. The van der Waals surface area contributed by atoms with E-state index >= 15 is 0 Å². The average molecular weight is 265 g/mol. The van der Waals surface area contributed by atoms with E-state index in [0.29, 0.717) is 6.54 Å². The number of hydrogen-bond donors (Lipinski definition) is 2. The Morgan fingerprint density at radius 3 is 2.47 bits per heavy atom. The van der Waals surface area contributed by atoms with Gasteiger partial charge in [-0.1, -0.05) is 0 Å². The van der Waals surface area contributed by atoms with Crippen LogP contribution in [-0.4, -0.2) is 60.2 Å². The van der Waals surface area contributed by atoms with Crippen molar-refractivity contribution in [1.82, 2.24) is 20.2 Å². The van der Waals surface area contributed by atoms with Gasteiger partial charge in [-0.25, -0.2) is 9.97 Å². The summed E-state index contributed by atoms with van der Waals surface area (Å²) in [6, 6.07) is 0. The van der Waals surface area contributed by atoms with Crippen LogP contribution in [0.1, 0.15) is 17.1 Å². The van der Waals surface area contributed by atoms with Crippen molar-refractivity contribution >= 4 is 5.82 Å². The lowest BCUT2D eigenvalue weighted by atomic mass is 10.2. The van der Waals surface area contributed by atoms with Crippen molar-refractivity contribution in [1.29, 1.82) is 0 Å². The third-order valence-corrected chi connectivity index (χ3v) is 3.49. The first-order valence-corrected chi connectivity index (χ1v) is 6.71. The predicted molar refractivity (Wildman–Crippen MR) is 75.2 cm³/mol. The molecule has 0 radical (unpaired) electrons. The van der Waals surface area contributed by atoms with Crippen molar-refractivity contribution < 1.29 is 5.11 Å². The van der Waals surface area contributed by atoms with Crippen molar-refractivity contribution in [3.05, 3.63) is 17.1 Å². The largest absolute Gasteiger partial charge is 0.391 e. The molecule has 0 saturated carbocycles. The molecule has 19 heavy (non-hydrogen) atoms. The van der Waals surface area contributed by atoms with Crippen LogP contribution in [0.2, 0.25) is 0 Å². The molecule has 2 rings (SSSR count). The highest BCUT2D eigenvalue weighted by Crippen LogP contribution is 2.22. The predicted octanol–water partition coefficient (Wildman–Crippen LogP) is -0.251. The minimum absolute atomic E-state index is 0.0149. The van der Waals surface area contributed by atoms with Gasteiger partial charge in [-0.05, 0) is 21.0 Å². The van der Waals surface area contributed by atoms with Gasteiger partial charge in [0.1, 0.15) is 11.6 Å². The zero-order valence-electron chi connectivity index (χ0n) is 12.0. The Hall–Kier alpha value is -1.24. The molecule has 0 atom stereocenters. The highest BCUT2D eigenvalue weighted by atomic mass is 16.3. The van der Waals surface area contributed by atoms with Gasteiger partial charge in [0.2, 0.25) is 0 Å². The lowest BCUT2D eigenvalue weighted by molar-refractivity contribution is 0.277. The molecule has 0 bridgehead atoms. The molecule has 0 unspecified atom stereocenters. The van der Waals surface area contributed by atoms with Crippen molar-refractivity contribution in [3.63, 3.8) is 0 Å². The molecule has 1 aromatic rings. The van der Waals surface area contributed by atoms with Crippen LogP contribution in [0.4, 0.5) is 5.82 Å². The Morgan fingerprint density at radius 1 is 1.21 bits per heavy atom. The normalized spacial score (nSPS) is 16.9. The molecule has 0 amide bonds. The van der Waals surface area contributed by atoms with Crippen LogP contribution in [0.15, 0.2) is 0 Å². The maximum Gasteiger partial charge on any atom is 0.138 e. The van der Waals surface area contributed by atoms with Gasteiger partial charge in [0.15, 0.2) is 0 Å². The van der Waals surface area contributed by atoms with Crippen molar-refractivity contribution in [2.45, 2.75) is 20.1 Å². The Kier molecular flexibility index (Phi) is 4.68. The fourth-order valence-corrected chi connectivity index (χ4v) is 2.39. The standard InChI is InChI=1S/C13H23N5O/c1-10-15-12(8-14-2)11(9-19)13(16-10)18-6-4-17(3)5-7-18/h14,19H,4-9H2,1-3H3. The van der Waals surface area contributed by atoms with Gasteiger partial charge in [-0.2, -0.15) is 0 Å². The second-order valence-corrected chi connectivity index (χ2v) is 5.00. The van der Waals surface area contributed by atoms with Crippen molar-refractivity contribution in [3.8, 4) is 0 Å². The Labute approximate surface area is 114 Å². The maximum atomic E-state index is 9.65. The number of aromatic nitrogens is 2. The molecule has 1 aromatic heterocycles. The molecule has 2 N–H and O–H groups in total. The van der Waals surface area contributed by atoms with E-state index in [4.69, 9.17) is 0 Å². The topological polar surface area (TPSA) is 64.5 Å². The number of aliphatic hydroxyl groups is 1. The van der Waals surface area contributed by atoms with Crippen molar-refractivity contribution in [2.75, 3.05) is 45.2 Å². The smallest absolute Gasteiger partial charge is 0.138 e. The molecular formula is C13H23N5O. The van der Waals surface area contributed by atoms with E-state index in [9.17, 15) is 5.11 Å². The second kappa shape index (κ2) is 6.27. The van der Waals surface area contributed by atoms with Crippen molar-refractivity contribution in [2.24, 2.45) is 0 Å². The molecule has 0 aromatic carbocycles. The number of likely N-dealkylation sites (N-methyl/N-ethyl adjacent to an activating group) is 1.